The molecule has 4 nitrogen and oxygen atoms in total. The average Bonchev–Trinajstić information content (AvgIpc) is 2.98. The van der Waals surface area contributed by atoms with Crippen molar-refractivity contribution in [3.05, 3.63) is 35.9 Å². The van der Waals surface area contributed by atoms with Gasteiger partial charge in [0.25, 0.3) is 0 Å². The highest BCUT2D eigenvalue weighted by molar-refractivity contribution is 7.99. The fourth-order valence-corrected chi connectivity index (χ4v) is 3.96. The maximum atomic E-state index is 12.3. The first-order valence-corrected chi connectivity index (χ1v) is 8.86. The SMILES string of the molecule is CC(CCCc1ccccc1)C(=O)NC1(C(=O)O)CCSC1. The summed E-state index contributed by atoms with van der Waals surface area (Å²) in [5.41, 5.74) is 0.208. The van der Waals surface area contributed by atoms with Gasteiger partial charge in [-0.05, 0) is 37.0 Å². The number of amides is 1. The summed E-state index contributed by atoms with van der Waals surface area (Å²) in [4.78, 5) is 23.7. The van der Waals surface area contributed by atoms with Gasteiger partial charge in [0.15, 0.2) is 0 Å². The highest BCUT2D eigenvalue weighted by atomic mass is 32.2. The highest BCUT2D eigenvalue weighted by Gasteiger charge is 2.43. The number of carboxylic acids is 1. The molecule has 22 heavy (non-hydrogen) atoms. The van der Waals surface area contributed by atoms with Crippen molar-refractivity contribution in [2.75, 3.05) is 11.5 Å². The van der Waals surface area contributed by atoms with Gasteiger partial charge in [0.2, 0.25) is 5.91 Å². The molecule has 2 rings (SSSR count). The lowest BCUT2D eigenvalue weighted by Crippen LogP contribution is -2.56. The van der Waals surface area contributed by atoms with Gasteiger partial charge < -0.3 is 10.4 Å². The molecule has 120 valence electrons. The molecule has 0 spiro atoms. The molecule has 0 bridgehead atoms. The number of thioether (sulfide) groups is 1. The monoisotopic (exact) mass is 321 g/mol. The van der Waals surface area contributed by atoms with Crippen molar-refractivity contribution in [1.29, 1.82) is 0 Å². The molecule has 1 aliphatic rings. The Hall–Kier alpha value is -1.49. The molecular weight excluding hydrogens is 298 g/mol. The summed E-state index contributed by atoms with van der Waals surface area (Å²) in [6, 6.07) is 10.2. The number of hydrogen-bond acceptors (Lipinski definition) is 3. The second-order valence-electron chi connectivity index (χ2n) is 5.96. The second kappa shape index (κ2) is 7.68. The molecule has 1 aromatic carbocycles. The van der Waals surface area contributed by atoms with Crippen LogP contribution in [0.3, 0.4) is 0 Å². The van der Waals surface area contributed by atoms with E-state index in [1.165, 1.54) is 5.56 Å². The van der Waals surface area contributed by atoms with Crippen molar-refractivity contribution < 1.29 is 14.7 Å². The molecule has 0 radical (unpaired) electrons. The molecule has 5 heteroatoms. The molecule has 2 N–H and O–H groups in total. The Morgan fingerprint density at radius 1 is 1.36 bits per heavy atom. The Morgan fingerprint density at radius 2 is 2.09 bits per heavy atom. The number of nitrogens with one attached hydrogen (secondary N) is 1. The van der Waals surface area contributed by atoms with E-state index in [0.717, 1.165) is 25.0 Å². The molecule has 0 aromatic heterocycles. The summed E-state index contributed by atoms with van der Waals surface area (Å²) in [5, 5.41) is 12.2. The topological polar surface area (TPSA) is 66.4 Å². The van der Waals surface area contributed by atoms with E-state index in [2.05, 4.69) is 17.4 Å². The van der Waals surface area contributed by atoms with Gasteiger partial charge in [0.1, 0.15) is 5.54 Å². The summed E-state index contributed by atoms with van der Waals surface area (Å²) in [6.07, 6.45) is 3.14. The maximum Gasteiger partial charge on any atom is 0.330 e. The van der Waals surface area contributed by atoms with Crippen LogP contribution in [0, 0.1) is 5.92 Å². The molecule has 1 heterocycles. The molecule has 0 aliphatic carbocycles. The van der Waals surface area contributed by atoms with Gasteiger partial charge in [-0.25, -0.2) is 4.79 Å². The predicted octanol–water partition coefficient (Wildman–Crippen LogP) is 2.72. The van der Waals surface area contributed by atoms with Crippen LogP contribution in [-0.4, -0.2) is 34.0 Å². The van der Waals surface area contributed by atoms with Crippen molar-refractivity contribution in [2.24, 2.45) is 5.92 Å². The average molecular weight is 321 g/mol. The predicted molar refractivity (Wildman–Crippen MR) is 89.0 cm³/mol. The largest absolute Gasteiger partial charge is 0.479 e. The molecule has 1 aromatic rings. The third kappa shape index (κ3) is 4.26. The van der Waals surface area contributed by atoms with Crippen LogP contribution in [0.15, 0.2) is 30.3 Å². The Morgan fingerprint density at radius 3 is 2.68 bits per heavy atom. The van der Waals surface area contributed by atoms with Gasteiger partial charge in [-0.3, -0.25) is 4.79 Å². The summed E-state index contributed by atoms with van der Waals surface area (Å²) < 4.78 is 0. The lowest BCUT2D eigenvalue weighted by molar-refractivity contribution is -0.147. The zero-order valence-electron chi connectivity index (χ0n) is 12.9. The maximum absolute atomic E-state index is 12.3. The second-order valence-corrected chi connectivity index (χ2v) is 7.06. The number of aliphatic carboxylic acids is 1. The smallest absolute Gasteiger partial charge is 0.330 e. The number of hydrogen-bond donors (Lipinski definition) is 2. The Labute approximate surface area is 135 Å². The Balaban J connectivity index is 1.80. The van der Waals surface area contributed by atoms with Gasteiger partial charge >= 0.3 is 5.97 Å². The van der Waals surface area contributed by atoms with E-state index in [1.54, 1.807) is 11.8 Å². The standard InChI is InChI=1S/C17H23NO3S/c1-13(6-5-9-14-7-3-2-4-8-14)15(19)18-17(16(20)21)10-11-22-12-17/h2-4,7-8,13H,5-6,9-12H2,1H3,(H,18,19)(H,20,21). The van der Waals surface area contributed by atoms with Crippen LogP contribution in [0.2, 0.25) is 0 Å². The molecule has 1 amide bonds. The lowest BCUT2D eigenvalue weighted by Gasteiger charge is -2.26. The lowest BCUT2D eigenvalue weighted by atomic mass is 9.95. The third-order valence-electron chi connectivity index (χ3n) is 4.19. The van der Waals surface area contributed by atoms with E-state index < -0.39 is 11.5 Å². The minimum Gasteiger partial charge on any atom is -0.479 e. The van der Waals surface area contributed by atoms with Crippen LogP contribution in [0.4, 0.5) is 0 Å². The first kappa shape index (κ1) is 16.9. The zero-order valence-corrected chi connectivity index (χ0v) is 13.7. The van der Waals surface area contributed by atoms with Crippen LogP contribution in [0.25, 0.3) is 0 Å². The summed E-state index contributed by atoms with van der Waals surface area (Å²) in [7, 11) is 0. The quantitative estimate of drug-likeness (QED) is 0.810. The number of carbonyl (C=O) groups is 2. The number of aryl methyl sites for hydroxylation is 1. The fraction of sp³-hybridized carbons (Fsp3) is 0.529. The van der Waals surface area contributed by atoms with E-state index in [4.69, 9.17) is 0 Å². The first-order valence-electron chi connectivity index (χ1n) is 7.70. The van der Waals surface area contributed by atoms with Crippen molar-refractivity contribution in [1.82, 2.24) is 5.32 Å². The minimum atomic E-state index is -1.06. The van der Waals surface area contributed by atoms with Gasteiger partial charge in [-0.15, -0.1) is 0 Å². The number of carbonyl (C=O) groups excluding carboxylic acids is 1. The molecule has 1 fully saturated rings. The van der Waals surface area contributed by atoms with Crippen LogP contribution in [-0.2, 0) is 16.0 Å². The number of rotatable bonds is 7. The molecule has 1 aliphatic heterocycles. The molecule has 1 saturated heterocycles. The van der Waals surface area contributed by atoms with Gasteiger partial charge in [0.05, 0.1) is 0 Å². The van der Waals surface area contributed by atoms with Crippen LogP contribution < -0.4 is 5.32 Å². The van der Waals surface area contributed by atoms with Crippen LogP contribution in [0.5, 0.6) is 0 Å². The van der Waals surface area contributed by atoms with Crippen molar-refractivity contribution in [3.63, 3.8) is 0 Å². The van der Waals surface area contributed by atoms with E-state index in [9.17, 15) is 14.7 Å². The zero-order chi connectivity index (χ0) is 16.0. The van der Waals surface area contributed by atoms with E-state index in [-0.39, 0.29) is 11.8 Å². The molecule has 0 saturated carbocycles. The molecule has 2 atom stereocenters. The van der Waals surface area contributed by atoms with Crippen LogP contribution in [0.1, 0.15) is 31.7 Å². The van der Waals surface area contributed by atoms with E-state index in [0.29, 0.717) is 12.2 Å². The van der Waals surface area contributed by atoms with E-state index >= 15 is 0 Å². The number of benzene rings is 1. The summed E-state index contributed by atoms with van der Waals surface area (Å²) >= 11 is 1.58. The fourth-order valence-electron chi connectivity index (χ4n) is 2.63. The normalized spacial score (nSPS) is 22.2. The minimum absolute atomic E-state index is 0.141. The molecule has 2 unspecified atom stereocenters. The summed E-state index contributed by atoms with van der Waals surface area (Å²) in [5.74, 6) is 0.0330. The van der Waals surface area contributed by atoms with Crippen molar-refractivity contribution >= 4 is 23.6 Å². The third-order valence-corrected chi connectivity index (χ3v) is 5.38. The van der Waals surface area contributed by atoms with Crippen LogP contribution >= 0.6 is 11.8 Å². The van der Waals surface area contributed by atoms with E-state index in [1.807, 2.05) is 25.1 Å². The highest BCUT2D eigenvalue weighted by Crippen LogP contribution is 2.28. The molecular formula is C17H23NO3S. The summed E-state index contributed by atoms with van der Waals surface area (Å²) in [6.45, 7) is 1.87. The van der Waals surface area contributed by atoms with Crippen molar-refractivity contribution in [3.8, 4) is 0 Å². The number of carboxylic acid groups (broad SMARTS) is 1. The first-order chi connectivity index (χ1) is 10.5. The Kier molecular flexibility index (Phi) is 5.89. The Bertz CT molecular complexity index is 512. The van der Waals surface area contributed by atoms with Gasteiger partial charge in [-0.1, -0.05) is 37.3 Å². The van der Waals surface area contributed by atoms with Crippen molar-refractivity contribution in [2.45, 2.75) is 38.1 Å². The van der Waals surface area contributed by atoms with Gasteiger partial charge in [-0.2, -0.15) is 11.8 Å². The van der Waals surface area contributed by atoms with Gasteiger partial charge in [0, 0.05) is 11.7 Å².